The molecule has 2 amide bonds. The standard InChI is InChI=1S/C17H18N2O2/c1-3-13-4-6-14(7-5-13)17(21)19-16-10-8-15(9-11-16)18-12(2)20/h4-11H,3H2,1-2H3,(H,18,20)(H,19,21). The van der Waals surface area contributed by atoms with Crippen molar-refractivity contribution in [1.29, 1.82) is 0 Å². The number of benzene rings is 2. The monoisotopic (exact) mass is 282 g/mol. The van der Waals surface area contributed by atoms with E-state index in [1.54, 1.807) is 24.3 Å². The molecule has 0 saturated heterocycles. The molecule has 0 saturated carbocycles. The van der Waals surface area contributed by atoms with Crippen molar-refractivity contribution in [3.05, 3.63) is 59.7 Å². The summed E-state index contributed by atoms with van der Waals surface area (Å²) in [7, 11) is 0. The normalized spacial score (nSPS) is 10.0. The van der Waals surface area contributed by atoms with Gasteiger partial charge in [0.2, 0.25) is 5.91 Å². The molecule has 0 spiro atoms. The van der Waals surface area contributed by atoms with E-state index in [-0.39, 0.29) is 11.8 Å². The predicted molar refractivity (Wildman–Crippen MR) is 84.5 cm³/mol. The van der Waals surface area contributed by atoms with Gasteiger partial charge in [0.15, 0.2) is 0 Å². The first kappa shape index (κ1) is 14.8. The van der Waals surface area contributed by atoms with Gasteiger partial charge in [-0.15, -0.1) is 0 Å². The molecule has 0 aliphatic carbocycles. The van der Waals surface area contributed by atoms with Crippen molar-refractivity contribution in [2.24, 2.45) is 0 Å². The molecule has 0 bridgehead atoms. The van der Waals surface area contributed by atoms with Gasteiger partial charge < -0.3 is 10.6 Å². The summed E-state index contributed by atoms with van der Waals surface area (Å²) >= 11 is 0. The summed E-state index contributed by atoms with van der Waals surface area (Å²) in [5, 5.41) is 5.50. The van der Waals surface area contributed by atoms with Crippen LogP contribution in [0.1, 0.15) is 29.8 Å². The zero-order chi connectivity index (χ0) is 15.2. The van der Waals surface area contributed by atoms with E-state index >= 15 is 0 Å². The Morgan fingerprint density at radius 1 is 0.857 bits per heavy atom. The Kier molecular flexibility index (Phi) is 4.72. The zero-order valence-corrected chi connectivity index (χ0v) is 12.1. The number of rotatable bonds is 4. The van der Waals surface area contributed by atoms with Crippen LogP contribution < -0.4 is 10.6 Å². The van der Waals surface area contributed by atoms with Crippen molar-refractivity contribution in [3.8, 4) is 0 Å². The lowest BCUT2D eigenvalue weighted by Crippen LogP contribution is -2.12. The average Bonchev–Trinajstić information content (AvgIpc) is 2.49. The number of carbonyl (C=O) groups excluding carboxylic acids is 2. The Hall–Kier alpha value is -2.62. The zero-order valence-electron chi connectivity index (χ0n) is 12.1. The van der Waals surface area contributed by atoms with Gasteiger partial charge in [-0.05, 0) is 48.4 Å². The molecule has 0 aliphatic rings. The molecule has 2 aromatic carbocycles. The first-order chi connectivity index (χ1) is 10.1. The van der Waals surface area contributed by atoms with Crippen molar-refractivity contribution in [1.82, 2.24) is 0 Å². The van der Waals surface area contributed by atoms with E-state index in [0.29, 0.717) is 16.9 Å². The largest absolute Gasteiger partial charge is 0.326 e. The molecule has 2 rings (SSSR count). The molecule has 0 atom stereocenters. The Morgan fingerprint density at radius 3 is 1.86 bits per heavy atom. The highest BCUT2D eigenvalue weighted by Crippen LogP contribution is 2.15. The van der Waals surface area contributed by atoms with Gasteiger partial charge in [-0.1, -0.05) is 19.1 Å². The van der Waals surface area contributed by atoms with E-state index in [2.05, 4.69) is 17.6 Å². The fourth-order valence-corrected chi connectivity index (χ4v) is 1.94. The van der Waals surface area contributed by atoms with Crippen molar-refractivity contribution in [3.63, 3.8) is 0 Å². The third-order valence-corrected chi connectivity index (χ3v) is 3.09. The molecule has 0 heterocycles. The molecule has 4 nitrogen and oxygen atoms in total. The molecule has 0 aliphatic heterocycles. The number of hydrogen-bond donors (Lipinski definition) is 2. The summed E-state index contributed by atoms with van der Waals surface area (Å²) in [6.07, 6.45) is 0.951. The second-order valence-electron chi connectivity index (χ2n) is 4.76. The number of carbonyl (C=O) groups is 2. The van der Waals surface area contributed by atoms with Crippen LogP contribution in [0, 0.1) is 0 Å². The SMILES string of the molecule is CCc1ccc(C(=O)Nc2ccc(NC(C)=O)cc2)cc1. The van der Waals surface area contributed by atoms with Crippen molar-refractivity contribution < 1.29 is 9.59 Å². The minimum absolute atomic E-state index is 0.122. The fourth-order valence-electron chi connectivity index (χ4n) is 1.94. The number of hydrogen-bond acceptors (Lipinski definition) is 2. The third-order valence-electron chi connectivity index (χ3n) is 3.09. The van der Waals surface area contributed by atoms with Crippen LogP contribution in [0.3, 0.4) is 0 Å². The van der Waals surface area contributed by atoms with Gasteiger partial charge in [-0.2, -0.15) is 0 Å². The van der Waals surface area contributed by atoms with E-state index in [0.717, 1.165) is 6.42 Å². The topological polar surface area (TPSA) is 58.2 Å². The van der Waals surface area contributed by atoms with E-state index < -0.39 is 0 Å². The summed E-state index contributed by atoms with van der Waals surface area (Å²) in [6.45, 7) is 3.53. The number of amides is 2. The Labute approximate surface area is 124 Å². The van der Waals surface area contributed by atoms with Crippen LogP contribution in [0.4, 0.5) is 11.4 Å². The second-order valence-corrected chi connectivity index (χ2v) is 4.76. The summed E-state index contributed by atoms with van der Waals surface area (Å²) in [4.78, 5) is 23.0. The number of aryl methyl sites for hydroxylation is 1. The number of anilines is 2. The molecule has 2 N–H and O–H groups in total. The molecule has 2 aromatic rings. The van der Waals surface area contributed by atoms with E-state index in [1.807, 2.05) is 24.3 Å². The molecular formula is C17H18N2O2. The summed E-state index contributed by atoms with van der Waals surface area (Å²) < 4.78 is 0. The quantitative estimate of drug-likeness (QED) is 0.902. The van der Waals surface area contributed by atoms with E-state index in [1.165, 1.54) is 12.5 Å². The van der Waals surface area contributed by atoms with Gasteiger partial charge in [0.25, 0.3) is 5.91 Å². The maximum Gasteiger partial charge on any atom is 0.255 e. The Morgan fingerprint density at radius 2 is 1.38 bits per heavy atom. The van der Waals surface area contributed by atoms with Crippen molar-refractivity contribution in [2.45, 2.75) is 20.3 Å². The van der Waals surface area contributed by atoms with E-state index in [4.69, 9.17) is 0 Å². The highest BCUT2D eigenvalue weighted by Gasteiger charge is 2.06. The molecule has 0 fully saturated rings. The molecule has 108 valence electrons. The van der Waals surface area contributed by atoms with Gasteiger partial charge in [0, 0.05) is 23.9 Å². The van der Waals surface area contributed by atoms with Crippen LogP contribution in [-0.2, 0) is 11.2 Å². The predicted octanol–water partition coefficient (Wildman–Crippen LogP) is 3.46. The van der Waals surface area contributed by atoms with Gasteiger partial charge in [-0.25, -0.2) is 0 Å². The average molecular weight is 282 g/mol. The molecule has 0 radical (unpaired) electrons. The van der Waals surface area contributed by atoms with Crippen LogP contribution in [0.5, 0.6) is 0 Å². The molecule has 0 aromatic heterocycles. The fraction of sp³-hybridized carbons (Fsp3) is 0.176. The van der Waals surface area contributed by atoms with Crippen LogP contribution in [0.25, 0.3) is 0 Å². The Balaban J connectivity index is 2.03. The highest BCUT2D eigenvalue weighted by atomic mass is 16.2. The summed E-state index contributed by atoms with van der Waals surface area (Å²) in [5.41, 5.74) is 3.21. The first-order valence-electron chi connectivity index (χ1n) is 6.86. The van der Waals surface area contributed by atoms with Crippen LogP contribution >= 0.6 is 0 Å². The molecule has 4 heteroatoms. The minimum atomic E-state index is -0.148. The Bertz CT molecular complexity index is 631. The molecule has 0 unspecified atom stereocenters. The maximum atomic E-state index is 12.1. The summed E-state index contributed by atoms with van der Waals surface area (Å²) in [5.74, 6) is -0.271. The first-order valence-corrected chi connectivity index (χ1v) is 6.86. The second kappa shape index (κ2) is 6.70. The van der Waals surface area contributed by atoms with Crippen molar-refractivity contribution >= 4 is 23.2 Å². The molecule has 21 heavy (non-hydrogen) atoms. The van der Waals surface area contributed by atoms with Crippen LogP contribution in [0.15, 0.2) is 48.5 Å². The number of nitrogens with one attached hydrogen (secondary N) is 2. The maximum absolute atomic E-state index is 12.1. The smallest absolute Gasteiger partial charge is 0.255 e. The third kappa shape index (κ3) is 4.18. The lowest BCUT2D eigenvalue weighted by atomic mass is 10.1. The van der Waals surface area contributed by atoms with Gasteiger partial charge in [0.1, 0.15) is 0 Å². The van der Waals surface area contributed by atoms with Crippen LogP contribution in [-0.4, -0.2) is 11.8 Å². The molecular weight excluding hydrogens is 264 g/mol. The van der Waals surface area contributed by atoms with Crippen LogP contribution in [0.2, 0.25) is 0 Å². The summed E-state index contributed by atoms with van der Waals surface area (Å²) in [6, 6.07) is 14.5. The lowest BCUT2D eigenvalue weighted by Gasteiger charge is -2.07. The van der Waals surface area contributed by atoms with Gasteiger partial charge >= 0.3 is 0 Å². The minimum Gasteiger partial charge on any atom is -0.326 e. The van der Waals surface area contributed by atoms with Gasteiger partial charge in [-0.3, -0.25) is 9.59 Å². The van der Waals surface area contributed by atoms with Gasteiger partial charge in [0.05, 0.1) is 0 Å². The van der Waals surface area contributed by atoms with Crippen molar-refractivity contribution in [2.75, 3.05) is 10.6 Å². The lowest BCUT2D eigenvalue weighted by molar-refractivity contribution is -0.114. The van der Waals surface area contributed by atoms with E-state index in [9.17, 15) is 9.59 Å². The highest BCUT2D eigenvalue weighted by molar-refractivity contribution is 6.04.